The normalized spacial score (nSPS) is 14.4. The minimum atomic E-state index is -0.828. The van der Waals surface area contributed by atoms with Crippen LogP contribution in [0, 0.1) is 0 Å². The van der Waals surface area contributed by atoms with Crippen LogP contribution in [0.25, 0.3) is 22.3 Å². The first kappa shape index (κ1) is 15.8. The van der Waals surface area contributed by atoms with E-state index in [1.165, 1.54) is 22.3 Å². The van der Waals surface area contributed by atoms with Gasteiger partial charge in [-0.1, -0.05) is 0 Å². The fraction of sp³-hybridized carbons (Fsp3) is 0.0769. The maximum absolute atomic E-state index is 2.37. The van der Waals surface area contributed by atoms with Gasteiger partial charge < -0.3 is 0 Å². The molecule has 0 atom stereocenters. The van der Waals surface area contributed by atoms with Crippen LogP contribution in [-0.4, -0.2) is 0 Å². The van der Waals surface area contributed by atoms with Crippen LogP contribution in [0.1, 0.15) is 29.5 Å². The van der Waals surface area contributed by atoms with Crippen molar-refractivity contribution in [2.45, 2.75) is 7.25 Å². The van der Waals surface area contributed by atoms with Crippen LogP contribution in [0.15, 0.2) is 97.1 Å². The summed E-state index contributed by atoms with van der Waals surface area (Å²) in [6.45, 7) is 0. The van der Waals surface area contributed by atoms with Crippen LogP contribution < -0.4 is 0 Å². The second kappa shape index (κ2) is 6.15. The van der Waals surface area contributed by atoms with Gasteiger partial charge in [-0.25, -0.2) is 0 Å². The Hall–Kier alpha value is -2.24. The second-order valence-electron chi connectivity index (χ2n) is 7.38. The fourth-order valence-electron chi connectivity index (χ4n) is 4.84. The van der Waals surface area contributed by atoms with Crippen LogP contribution in [0.5, 0.6) is 0 Å². The van der Waals surface area contributed by atoms with Gasteiger partial charge in [-0.3, -0.25) is 0 Å². The van der Waals surface area contributed by atoms with Crippen LogP contribution in [0.3, 0.4) is 0 Å². The molecule has 0 spiro atoms. The molecule has 126 valence electrons. The number of benzene rings is 4. The zero-order valence-electron chi connectivity index (χ0n) is 14.9. The van der Waals surface area contributed by atoms with Crippen LogP contribution in [0.4, 0.5) is 0 Å². The molecule has 0 saturated carbocycles. The third-order valence-electron chi connectivity index (χ3n) is 6.00. The van der Waals surface area contributed by atoms with E-state index in [1.807, 2.05) is 0 Å². The van der Waals surface area contributed by atoms with E-state index in [0.29, 0.717) is 7.25 Å². The van der Waals surface area contributed by atoms with Crippen molar-refractivity contribution in [1.29, 1.82) is 0 Å². The van der Waals surface area contributed by atoms with Crippen molar-refractivity contribution in [3.8, 4) is 22.3 Å². The summed E-state index contributed by atoms with van der Waals surface area (Å²) in [5, 5.41) is 0. The average molecular weight is 422 g/mol. The monoisotopic (exact) mass is 420 g/mol. The van der Waals surface area contributed by atoms with E-state index in [-0.39, 0.29) is 0 Å². The van der Waals surface area contributed by atoms with Crippen LogP contribution in [-0.2, 0) is 23.2 Å². The van der Waals surface area contributed by atoms with Crippen LogP contribution >= 0.6 is 0 Å². The summed E-state index contributed by atoms with van der Waals surface area (Å²) in [5.41, 5.74) is 12.1. The van der Waals surface area contributed by atoms with E-state index in [1.54, 1.807) is 22.3 Å². The summed E-state index contributed by atoms with van der Waals surface area (Å²) < 4.78 is 1.26. The third-order valence-corrected chi connectivity index (χ3v) is 10.7. The molecule has 0 fully saturated rings. The van der Waals surface area contributed by atoms with Gasteiger partial charge in [0.05, 0.1) is 0 Å². The van der Waals surface area contributed by atoms with Crippen LogP contribution in [0.2, 0.25) is 0 Å². The summed E-state index contributed by atoms with van der Waals surface area (Å²) in [7, 11) is 0. The third kappa shape index (κ3) is 2.31. The van der Waals surface area contributed by atoms with Crippen molar-refractivity contribution in [3.63, 3.8) is 0 Å². The summed E-state index contributed by atoms with van der Waals surface area (Å²) in [4.78, 5) is 0. The van der Waals surface area contributed by atoms with Crippen molar-refractivity contribution in [2.24, 2.45) is 0 Å². The van der Waals surface area contributed by atoms with Crippen molar-refractivity contribution >= 4 is 0 Å². The first-order chi connectivity index (χ1) is 13.4. The first-order valence-corrected chi connectivity index (χ1v) is 12.4. The zero-order chi connectivity index (χ0) is 17.8. The van der Waals surface area contributed by atoms with Gasteiger partial charge in [0.1, 0.15) is 0 Å². The fourth-order valence-corrected chi connectivity index (χ4v) is 9.90. The van der Waals surface area contributed by atoms with E-state index in [0.717, 1.165) is 0 Å². The van der Waals surface area contributed by atoms with Gasteiger partial charge in [-0.15, -0.1) is 0 Å². The molecule has 0 aliphatic heterocycles. The first-order valence-electron chi connectivity index (χ1n) is 9.54. The van der Waals surface area contributed by atoms with E-state index in [4.69, 9.17) is 0 Å². The Morgan fingerprint density at radius 3 is 0.926 bits per heavy atom. The molecule has 2 aliphatic carbocycles. The molecule has 0 unspecified atom stereocenters. The SMILES string of the molecule is c1ccc2c(c1)-c1ccccc1[CH]2[Zr][CH]1c2ccccc2-c2ccccc21. The molecule has 0 nitrogen and oxygen atoms in total. The summed E-state index contributed by atoms with van der Waals surface area (Å²) in [5.74, 6) is 0. The second-order valence-corrected chi connectivity index (χ2v) is 11.0. The van der Waals surface area contributed by atoms with E-state index < -0.39 is 23.2 Å². The molecule has 2 aliphatic rings. The Kier molecular flexibility index (Phi) is 3.59. The van der Waals surface area contributed by atoms with Gasteiger partial charge in [-0.05, 0) is 0 Å². The van der Waals surface area contributed by atoms with Crippen molar-refractivity contribution < 1.29 is 23.2 Å². The molecule has 4 aromatic rings. The molecule has 0 saturated heterocycles. The van der Waals surface area contributed by atoms with Crippen molar-refractivity contribution in [2.75, 3.05) is 0 Å². The topological polar surface area (TPSA) is 0 Å². The molecular formula is C26H18Zr. The van der Waals surface area contributed by atoms with Gasteiger partial charge in [0.15, 0.2) is 0 Å². The standard InChI is InChI=1S/2C13H9.Zr/c2*1-3-7-12-10(5-1)9-11-6-2-4-8-13(11)12;/h2*1-9H;. The number of fused-ring (bicyclic) bond motifs is 6. The number of hydrogen-bond donors (Lipinski definition) is 0. The van der Waals surface area contributed by atoms with Gasteiger partial charge in [0.2, 0.25) is 0 Å². The van der Waals surface area contributed by atoms with Crippen molar-refractivity contribution in [3.05, 3.63) is 119 Å². The molecule has 0 radical (unpaired) electrons. The van der Waals surface area contributed by atoms with Gasteiger partial charge in [0.25, 0.3) is 0 Å². The molecular weight excluding hydrogens is 404 g/mol. The Morgan fingerprint density at radius 2 is 0.630 bits per heavy atom. The van der Waals surface area contributed by atoms with Crippen molar-refractivity contribution in [1.82, 2.24) is 0 Å². The van der Waals surface area contributed by atoms with Gasteiger partial charge >= 0.3 is 172 Å². The van der Waals surface area contributed by atoms with E-state index in [9.17, 15) is 0 Å². The van der Waals surface area contributed by atoms with Gasteiger partial charge in [-0.2, -0.15) is 0 Å². The molecule has 1 heteroatoms. The predicted molar refractivity (Wildman–Crippen MR) is 107 cm³/mol. The quantitative estimate of drug-likeness (QED) is 0.342. The predicted octanol–water partition coefficient (Wildman–Crippen LogP) is 6.61. The molecule has 0 bridgehead atoms. The number of hydrogen-bond acceptors (Lipinski definition) is 0. The number of rotatable bonds is 2. The molecule has 0 aromatic heterocycles. The Bertz CT molecular complexity index is 990. The molecule has 4 aromatic carbocycles. The molecule has 0 heterocycles. The minimum absolute atomic E-state index is 0.630. The summed E-state index contributed by atoms with van der Waals surface area (Å²) in [6.07, 6.45) is 0. The Morgan fingerprint density at radius 1 is 0.370 bits per heavy atom. The Labute approximate surface area is 171 Å². The molecule has 0 N–H and O–H groups in total. The maximum atomic E-state index is 2.37. The average Bonchev–Trinajstić information content (AvgIpc) is 3.23. The molecule has 27 heavy (non-hydrogen) atoms. The summed E-state index contributed by atoms with van der Waals surface area (Å²) >= 11 is -0.828. The van der Waals surface area contributed by atoms with E-state index in [2.05, 4.69) is 97.1 Å². The van der Waals surface area contributed by atoms with E-state index >= 15 is 0 Å². The molecule has 6 rings (SSSR count). The Balaban J connectivity index is 1.51. The summed E-state index contributed by atoms with van der Waals surface area (Å²) in [6, 6.07) is 36.3. The zero-order valence-corrected chi connectivity index (χ0v) is 17.4. The van der Waals surface area contributed by atoms with Gasteiger partial charge in [0, 0.05) is 0 Å². The molecule has 0 amide bonds.